The fraction of sp³-hybridized carbons (Fsp3) is 0.250. The molecular weight excluding hydrogens is 398 g/mol. The lowest BCUT2D eigenvalue weighted by Gasteiger charge is -2.12. The second-order valence-corrected chi connectivity index (χ2v) is 8.08. The smallest absolute Gasteiger partial charge is 0.360 e. The number of benzene rings is 2. The van der Waals surface area contributed by atoms with Crippen molar-refractivity contribution in [1.82, 2.24) is 0 Å². The molecule has 3 aromatic rings. The first-order valence-corrected chi connectivity index (χ1v) is 10.6. The van der Waals surface area contributed by atoms with Crippen LogP contribution < -0.4 is 4.74 Å². The van der Waals surface area contributed by atoms with E-state index >= 15 is 0 Å². The van der Waals surface area contributed by atoms with Crippen molar-refractivity contribution in [2.24, 2.45) is 5.16 Å². The number of oxime groups is 1. The maximum Gasteiger partial charge on any atom is 0.360 e. The fourth-order valence-electron chi connectivity index (χ4n) is 3.64. The number of carbonyl (C=O) groups excluding carboxylic acids is 1. The molecule has 1 saturated carbocycles. The number of esters is 1. The lowest BCUT2D eigenvalue weighted by molar-refractivity contribution is -0.132. The highest BCUT2D eigenvalue weighted by Gasteiger charge is 2.40. The van der Waals surface area contributed by atoms with Gasteiger partial charge in [0.2, 0.25) is 0 Å². The molecule has 0 spiro atoms. The third-order valence-electron chi connectivity index (χ3n) is 5.21. The Bertz CT molecular complexity index is 1040. The molecule has 1 aliphatic rings. The number of thiophene rings is 1. The maximum absolute atomic E-state index is 12.1. The van der Waals surface area contributed by atoms with Crippen LogP contribution in [0.15, 0.2) is 71.2 Å². The summed E-state index contributed by atoms with van der Waals surface area (Å²) in [6.07, 6.45) is 1.18. The van der Waals surface area contributed by atoms with Gasteiger partial charge >= 0.3 is 5.97 Å². The normalized spacial score (nSPS) is 18.0. The highest BCUT2D eigenvalue weighted by molar-refractivity contribution is 7.10. The Morgan fingerprint density at radius 3 is 2.70 bits per heavy atom. The van der Waals surface area contributed by atoms with Gasteiger partial charge in [0.1, 0.15) is 19.5 Å². The summed E-state index contributed by atoms with van der Waals surface area (Å²) >= 11 is 1.83. The van der Waals surface area contributed by atoms with Crippen LogP contribution in [-0.4, -0.2) is 25.9 Å². The van der Waals surface area contributed by atoms with Gasteiger partial charge in [-0.15, -0.1) is 11.3 Å². The Hall–Kier alpha value is -3.12. The lowest BCUT2D eigenvalue weighted by Crippen LogP contribution is -2.19. The summed E-state index contributed by atoms with van der Waals surface area (Å²) in [4.78, 5) is 18.4. The Balaban J connectivity index is 1.48. The monoisotopic (exact) mass is 421 g/mol. The van der Waals surface area contributed by atoms with Crippen LogP contribution >= 0.6 is 11.3 Å². The zero-order chi connectivity index (χ0) is 20.9. The molecular formula is C24H23NO4S. The van der Waals surface area contributed by atoms with Crippen molar-refractivity contribution in [3.05, 3.63) is 87.6 Å². The quantitative estimate of drug-likeness (QED) is 0.288. The molecule has 30 heavy (non-hydrogen) atoms. The minimum atomic E-state index is -0.556. The minimum Gasteiger partial charge on any atom is -0.489 e. The predicted octanol–water partition coefficient (Wildman–Crippen LogP) is 5.12. The largest absolute Gasteiger partial charge is 0.489 e. The summed E-state index contributed by atoms with van der Waals surface area (Å²) in [6, 6.07) is 20.0. The van der Waals surface area contributed by atoms with Crippen LogP contribution in [0.2, 0.25) is 0 Å². The van der Waals surface area contributed by atoms with Crippen LogP contribution in [0.4, 0.5) is 0 Å². The van der Waals surface area contributed by atoms with E-state index in [1.54, 1.807) is 6.07 Å². The average molecular weight is 422 g/mol. The van der Waals surface area contributed by atoms with Crippen LogP contribution in [-0.2, 0) is 21.0 Å². The van der Waals surface area contributed by atoms with Crippen LogP contribution in [0.3, 0.4) is 0 Å². The third-order valence-corrected chi connectivity index (χ3v) is 6.22. The molecule has 1 aromatic heterocycles. The number of carbonyl (C=O) groups is 1. The second-order valence-electron chi connectivity index (χ2n) is 7.10. The fourth-order valence-corrected chi connectivity index (χ4v) is 4.54. The van der Waals surface area contributed by atoms with Crippen molar-refractivity contribution in [1.29, 1.82) is 0 Å². The summed E-state index contributed by atoms with van der Waals surface area (Å²) in [6.45, 7) is 0.304. The first kappa shape index (κ1) is 20.2. The van der Waals surface area contributed by atoms with Crippen LogP contribution in [0, 0.1) is 0 Å². The Labute approximate surface area is 179 Å². The molecule has 0 aliphatic heterocycles. The van der Waals surface area contributed by atoms with Crippen molar-refractivity contribution in [3.8, 4) is 5.75 Å². The maximum atomic E-state index is 12.1. The zero-order valence-corrected chi connectivity index (χ0v) is 17.7. The Morgan fingerprint density at radius 2 is 1.93 bits per heavy atom. The molecule has 2 unspecified atom stereocenters. The summed E-state index contributed by atoms with van der Waals surface area (Å²) in [5, 5.41) is 5.98. The SMILES string of the molecule is CON=C(C(=O)OC)c1ccccc1COc1cccc(C2CC2c2cccs2)c1. The van der Waals surface area contributed by atoms with Crippen molar-refractivity contribution >= 4 is 23.0 Å². The number of methoxy groups -OCH3 is 1. The standard InChI is InChI=1S/C24H23NO4S/c1-27-24(26)23(25-28-2)19-10-4-3-7-17(19)15-29-18-9-5-8-16(13-18)20-14-21(20)22-11-6-12-30-22/h3-13,20-21H,14-15H2,1-2H3. The van der Waals surface area contributed by atoms with Gasteiger partial charge in [-0.3, -0.25) is 0 Å². The topological polar surface area (TPSA) is 57.1 Å². The van der Waals surface area contributed by atoms with Crippen molar-refractivity contribution in [2.75, 3.05) is 14.2 Å². The van der Waals surface area contributed by atoms with E-state index in [2.05, 4.69) is 34.8 Å². The first-order valence-electron chi connectivity index (χ1n) is 9.75. The van der Waals surface area contributed by atoms with E-state index in [4.69, 9.17) is 14.3 Å². The molecule has 1 fully saturated rings. The van der Waals surface area contributed by atoms with E-state index in [0.29, 0.717) is 24.0 Å². The lowest BCUT2D eigenvalue weighted by atomic mass is 10.0. The predicted molar refractivity (Wildman–Crippen MR) is 117 cm³/mol. The van der Waals surface area contributed by atoms with Gasteiger partial charge in [-0.25, -0.2) is 4.79 Å². The summed E-state index contributed by atoms with van der Waals surface area (Å²) in [7, 11) is 2.72. The van der Waals surface area contributed by atoms with Gasteiger partial charge in [0.05, 0.1) is 7.11 Å². The minimum absolute atomic E-state index is 0.115. The molecule has 154 valence electrons. The molecule has 0 N–H and O–H groups in total. The van der Waals surface area contributed by atoms with Crippen molar-refractivity contribution < 1.29 is 19.1 Å². The molecule has 4 rings (SSSR count). The van der Waals surface area contributed by atoms with Gasteiger partial charge in [0, 0.05) is 16.4 Å². The molecule has 1 aliphatic carbocycles. The molecule has 2 aromatic carbocycles. The summed E-state index contributed by atoms with van der Waals surface area (Å²) in [5.74, 6) is 1.43. The summed E-state index contributed by atoms with van der Waals surface area (Å²) < 4.78 is 10.9. The van der Waals surface area contributed by atoms with Gasteiger partial charge in [-0.1, -0.05) is 47.6 Å². The van der Waals surface area contributed by atoms with Gasteiger partial charge in [0.25, 0.3) is 0 Å². The highest BCUT2D eigenvalue weighted by Crippen LogP contribution is 2.56. The molecule has 0 saturated heterocycles. The molecule has 0 radical (unpaired) electrons. The van der Waals surface area contributed by atoms with Gasteiger partial charge in [0.15, 0.2) is 5.71 Å². The number of nitrogens with zero attached hydrogens (tertiary/aromatic N) is 1. The van der Waals surface area contributed by atoms with Gasteiger partial charge < -0.3 is 14.3 Å². The van der Waals surface area contributed by atoms with Crippen LogP contribution in [0.5, 0.6) is 5.75 Å². The van der Waals surface area contributed by atoms with E-state index in [0.717, 1.165) is 11.3 Å². The van der Waals surface area contributed by atoms with Crippen molar-refractivity contribution in [3.63, 3.8) is 0 Å². The van der Waals surface area contributed by atoms with Crippen LogP contribution in [0.1, 0.15) is 39.8 Å². The number of ether oxygens (including phenoxy) is 2. The Kier molecular flexibility index (Phi) is 6.14. The van der Waals surface area contributed by atoms with E-state index in [1.807, 2.05) is 41.7 Å². The van der Waals surface area contributed by atoms with Gasteiger partial charge in [-0.05, 0) is 47.0 Å². The summed E-state index contributed by atoms with van der Waals surface area (Å²) in [5.41, 5.74) is 2.87. The van der Waals surface area contributed by atoms with Crippen molar-refractivity contribution in [2.45, 2.75) is 24.9 Å². The van der Waals surface area contributed by atoms with E-state index in [9.17, 15) is 4.79 Å². The molecule has 1 heterocycles. The van der Waals surface area contributed by atoms with E-state index < -0.39 is 5.97 Å². The van der Waals surface area contributed by atoms with E-state index in [-0.39, 0.29) is 5.71 Å². The zero-order valence-electron chi connectivity index (χ0n) is 16.9. The molecule has 2 atom stereocenters. The second kappa shape index (κ2) is 9.13. The number of rotatable bonds is 8. The molecule has 5 nitrogen and oxygen atoms in total. The molecule has 0 bridgehead atoms. The first-order chi connectivity index (χ1) is 14.7. The molecule has 0 amide bonds. The molecule has 6 heteroatoms. The third kappa shape index (κ3) is 4.39. The van der Waals surface area contributed by atoms with Gasteiger partial charge in [-0.2, -0.15) is 0 Å². The average Bonchev–Trinajstić information content (AvgIpc) is 3.40. The Morgan fingerprint density at radius 1 is 1.07 bits per heavy atom. The highest BCUT2D eigenvalue weighted by atomic mass is 32.1. The van der Waals surface area contributed by atoms with Crippen LogP contribution in [0.25, 0.3) is 0 Å². The number of hydrogen-bond acceptors (Lipinski definition) is 6. The number of hydrogen-bond donors (Lipinski definition) is 0. The van der Waals surface area contributed by atoms with E-state index in [1.165, 1.54) is 31.1 Å².